The monoisotopic (exact) mass is 462 g/mol. The van der Waals surface area contributed by atoms with Crippen LogP contribution in [0.15, 0.2) is 12.4 Å². The van der Waals surface area contributed by atoms with Gasteiger partial charge in [-0.25, -0.2) is 9.78 Å². The van der Waals surface area contributed by atoms with E-state index < -0.39 is 0 Å². The second-order valence-electron chi connectivity index (χ2n) is 8.39. The zero-order valence-electron chi connectivity index (χ0n) is 18.7. The molecule has 2 N–H and O–H groups in total. The van der Waals surface area contributed by atoms with Crippen LogP contribution >= 0.6 is 11.6 Å². The SMILES string of the molecule is Cc1nn(C2CCN(C)CC2)cc1Nc1ncc(Cl)c(NCCCN2CCCOC2=O)n1. The van der Waals surface area contributed by atoms with Crippen molar-refractivity contribution < 1.29 is 9.53 Å². The lowest BCUT2D eigenvalue weighted by atomic mass is 10.1. The number of carbonyl (C=O) groups excluding carboxylic acids is 1. The third-order valence-corrected chi connectivity index (χ3v) is 6.20. The smallest absolute Gasteiger partial charge is 0.409 e. The van der Waals surface area contributed by atoms with Crippen molar-refractivity contribution in [1.29, 1.82) is 0 Å². The van der Waals surface area contributed by atoms with Crippen LogP contribution in [0.4, 0.5) is 22.2 Å². The number of cyclic esters (lactones) is 1. The van der Waals surface area contributed by atoms with Crippen molar-refractivity contribution >= 4 is 35.1 Å². The second kappa shape index (κ2) is 10.4. The maximum absolute atomic E-state index is 11.7. The lowest BCUT2D eigenvalue weighted by molar-refractivity contribution is 0.0729. The molecule has 0 saturated carbocycles. The number of halogens is 1. The molecular weight excluding hydrogens is 432 g/mol. The zero-order chi connectivity index (χ0) is 22.5. The fraction of sp³-hybridized carbons (Fsp3) is 0.619. The van der Waals surface area contributed by atoms with Crippen LogP contribution in [-0.2, 0) is 4.74 Å². The van der Waals surface area contributed by atoms with Crippen LogP contribution in [0.25, 0.3) is 0 Å². The topological polar surface area (TPSA) is 100 Å². The Labute approximate surface area is 193 Å². The summed E-state index contributed by atoms with van der Waals surface area (Å²) in [5.41, 5.74) is 1.80. The first-order chi connectivity index (χ1) is 15.5. The first-order valence-corrected chi connectivity index (χ1v) is 11.6. The van der Waals surface area contributed by atoms with Crippen molar-refractivity contribution in [3.8, 4) is 0 Å². The summed E-state index contributed by atoms with van der Waals surface area (Å²) in [6.45, 7) is 6.67. The predicted octanol–water partition coefficient (Wildman–Crippen LogP) is 3.29. The van der Waals surface area contributed by atoms with Crippen molar-refractivity contribution in [3.05, 3.63) is 23.1 Å². The van der Waals surface area contributed by atoms with Crippen molar-refractivity contribution in [2.24, 2.45) is 0 Å². The zero-order valence-corrected chi connectivity index (χ0v) is 19.4. The fourth-order valence-electron chi connectivity index (χ4n) is 4.00. The minimum atomic E-state index is -0.237. The molecule has 0 radical (unpaired) electrons. The van der Waals surface area contributed by atoms with Gasteiger partial charge < -0.3 is 25.2 Å². The quantitative estimate of drug-likeness (QED) is 0.576. The molecule has 2 aromatic rings. The summed E-state index contributed by atoms with van der Waals surface area (Å²) < 4.78 is 7.12. The molecule has 0 aliphatic carbocycles. The number of ether oxygens (including phenoxy) is 1. The number of nitrogens with zero attached hydrogens (tertiary/aromatic N) is 6. The molecule has 0 spiro atoms. The first-order valence-electron chi connectivity index (χ1n) is 11.2. The van der Waals surface area contributed by atoms with E-state index in [2.05, 4.69) is 37.2 Å². The number of aryl methyl sites for hydroxylation is 1. The summed E-state index contributed by atoms with van der Waals surface area (Å²) in [7, 11) is 2.16. The van der Waals surface area contributed by atoms with Gasteiger partial charge in [-0.15, -0.1) is 0 Å². The van der Waals surface area contributed by atoms with E-state index in [0.29, 0.717) is 42.5 Å². The highest BCUT2D eigenvalue weighted by atomic mass is 35.5. The third kappa shape index (κ3) is 5.60. The molecule has 0 atom stereocenters. The standard InChI is InChI=1S/C21H31ClN8O2/c1-15-18(14-30(27-15)16-5-10-28(2)11-6-16)25-20-24-13-17(22)19(26-20)23-7-3-8-29-9-4-12-32-21(29)31/h13-14,16H,3-12H2,1-2H3,(H2,23,24,25,26). The van der Waals surface area contributed by atoms with Crippen molar-refractivity contribution in [1.82, 2.24) is 29.5 Å². The Kier molecular flexibility index (Phi) is 7.31. The summed E-state index contributed by atoms with van der Waals surface area (Å²) in [5.74, 6) is 1.02. The summed E-state index contributed by atoms with van der Waals surface area (Å²) in [4.78, 5) is 24.6. The molecular formula is C21H31ClN8O2. The highest BCUT2D eigenvalue weighted by Crippen LogP contribution is 2.26. The van der Waals surface area contributed by atoms with Gasteiger partial charge in [-0.1, -0.05) is 11.6 Å². The van der Waals surface area contributed by atoms with Gasteiger partial charge in [-0.3, -0.25) is 4.68 Å². The Morgan fingerprint density at radius 1 is 1.28 bits per heavy atom. The van der Waals surface area contributed by atoms with E-state index in [1.54, 1.807) is 11.1 Å². The predicted molar refractivity (Wildman–Crippen MR) is 124 cm³/mol. The van der Waals surface area contributed by atoms with E-state index in [4.69, 9.17) is 21.4 Å². The molecule has 2 fully saturated rings. The second-order valence-corrected chi connectivity index (χ2v) is 8.80. The Morgan fingerprint density at radius 2 is 2.09 bits per heavy atom. The van der Waals surface area contributed by atoms with Crippen molar-refractivity contribution in [2.75, 3.05) is 57.0 Å². The van der Waals surface area contributed by atoms with Gasteiger partial charge >= 0.3 is 6.09 Å². The number of amides is 1. The van der Waals surface area contributed by atoms with Gasteiger partial charge in [0.15, 0.2) is 0 Å². The first kappa shape index (κ1) is 22.6. The van der Waals surface area contributed by atoms with Crippen molar-refractivity contribution in [3.63, 3.8) is 0 Å². The van der Waals surface area contributed by atoms with Crippen LogP contribution in [0, 0.1) is 6.92 Å². The molecule has 174 valence electrons. The molecule has 2 saturated heterocycles. The maximum atomic E-state index is 11.7. The van der Waals surface area contributed by atoms with Crippen LogP contribution in [0.3, 0.4) is 0 Å². The van der Waals surface area contributed by atoms with Gasteiger partial charge in [0, 0.05) is 25.8 Å². The Hall–Kier alpha value is -2.59. The average molecular weight is 463 g/mol. The molecule has 2 aromatic heterocycles. The number of anilines is 3. The lowest BCUT2D eigenvalue weighted by Gasteiger charge is -2.28. The number of rotatable bonds is 8. The maximum Gasteiger partial charge on any atom is 0.409 e. The third-order valence-electron chi connectivity index (χ3n) is 5.92. The molecule has 2 aliphatic rings. The Morgan fingerprint density at radius 3 is 2.88 bits per heavy atom. The molecule has 4 rings (SSSR count). The highest BCUT2D eigenvalue weighted by molar-refractivity contribution is 6.32. The Balaban J connectivity index is 1.33. The number of aromatic nitrogens is 4. The largest absolute Gasteiger partial charge is 0.449 e. The minimum absolute atomic E-state index is 0.237. The van der Waals surface area contributed by atoms with Gasteiger partial charge in [-0.05, 0) is 52.7 Å². The van der Waals surface area contributed by atoms with Crippen LogP contribution in [-0.4, -0.2) is 82.0 Å². The molecule has 0 aromatic carbocycles. The van der Waals surface area contributed by atoms with E-state index in [1.807, 2.05) is 13.1 Å². The molecule has 1 amide bonds. The normalized spacial score (nSPS) is 18.0. The van der Waals surface area contributed by atoms with Crippen LogP contribution < -0.4 is 10.6 Å². The van der Waals surface area contributed by atoms with Crippen LogP contribution in [0.2, 0.25) is 5.02 Å². The number of nitrogens with one attached hydrogen (secondary N) is 2. The van der Waals surface area contributed by atoms with E-state index >= 15 is 0 Å². The van der Waals surface area contributed by atoms with Gasteiger partial charge in [0.1, 0.15) is 10.8 Å². The summed E-state index contributed by atoms with van der Waals surface area (Å²) in [6.07, 6.45) is 7.21. The molecule has 11 heteroatoms. The molecule has 0 unspecified atom stereocenters. The summed E-state index contributed by atoms with van der Waals surface area (Å²) in [5, 5.41) is 11.7. The summed E-state index contributed by atoms with van der Waals surface area (Å²) >= 11 is 6.28. The highest BCUT2D eigenvalue weighted by Gasteiger charge is 2.21. The number of piperidine rings is 1. The lowest BCUT2D eigenvalue weighted by Crippen LogP contribution is -2.38. The molecule has 32 heavy (non-hydrogen) atoms. The van der Waals surface area contributed by atoms with Gasteiger partial charge in [0.25, 0.3) is 0 Å². The average Bonchev–Trinajstić information content (AvgIpc) is 3.15. The van der Waals surface area contributed by atoms with Gasteiger partial charge in [0.05, 0.1) is 30.2 Å². The number of carbonyl (C=O) groups is 1. The molecule has 4 heterocycles. The van der Waals surface area contributed by atoms with Crippen LogP contribution in [0.5, 0.6) is 0 Å². The van der Waals surface area contributed by atoms with Crippen molar-refractivity contribution in [2.45, 2.75) is 38.6 Å². The number of hydrogen-bond donors (Lipinski definition) is 2. The number of hydrogen-bond acceptors (Lipinski definition) is 8. The van der Waals surface area contributed by atoms with E-state index in [-0.39, 0.29) is 6.09 Å². The number of likely N-dealkylation sites (tertiary alicyclic amines) is 1. The summed E-state index contributed by atoms with van der Waals surface area (Å²) in [6, 6.07) is 0.418. The van der Waals surface area contributed by atoms with E-state index in [9.17, 15) is 4.79 Å². The fourth-order valence-corrected chi connectivity index (χ4v) is 4.16. The molecule has 2 aliphatic heterocycles. The van der Waals surface area contributed by atoms with E-state index in [0.717, 1.165) is 56.7 Å². The van der Waals surface area contributed by atoms with Crippen LogP contribution in [0.1, 0.15) is 37.4 Å². The molecule has 10 nitrogen and oxygen atoms in total. The minimum Gasteiger partial charge on any atom is -0.449 e. The molecule has 0 bridgehead atoms. The Bertz CT molecular complexity index is 929. The van der Waals surface area contributed by atoms with Gasteiger partial charge in [-0.2, -0.15) is 10.1 Å². The van der Waals surface area contributed by atoms with E-state index in [1.165, 1.54) is 0 Å². The van der Waals surface area contributed by atoms with Gasteiger partial charge in [0.2, 0.25) is 5.95 Å².